The third-order valence-electron chi connectivity index (χ3n) is 3.17. The van der Waals surface area contributed by atoms with Gasteiger partial charge in [0.05, 0.1) is 10.8 Å². The SMILES string of the molecule is Cc1cccc(CC(CNC(=O)c2cccs2)C(=O)O)c1. The van der Waals surface area contributed by atoms with E-state index in [4.69, 9.17) is 0 Å². The Morgan fingerprint density at radius 3 is 2.71 bits per heavy atom. The molecule has 0 fully saturated rings. The van der Waals surface area contributed by atoms with Crippen molar-refractivity contribution < 1.29 is 14.7 Å². The maximum absolute atomic E-state index is 11.8. The first-order chi connectivity index (χ1) is 10.1. The van der Waals surface area contributed by atoms with E-state index in [0.29, 0.717) is 11.3 Å². The fourth-order valence-corrected chi connectivity index (χ4v) is 2.72. The van der Waals surface area contributed by atoms with Gasteiger partial charge in [0.1, 0.15) is 0 Å². The quantitative estimate of drug-likeness (QED) is 0.862. The normalized spacial score (nSPS) is 11.9. The van der Waals surface area contributed by atoms with E-state index in [0.717, 1.165) is 11.1 Å². The molecule has 1 aromatic heterocycles. The van der Waals surface area contributed by atoms with E-state index in [2.05, 4.69) is 5.32 Å². The Morgan fingerprint density at radius 2 is 2.10 bits per heavy atom. The monoisotopic (exact) mass is 303 g/mol. The maximum Gasteiger partial charge on any atom is 0.308 e. The molecular formula is C16H17NO3S. The Hall–Kier alpha value is -2.14. The second kappa shape index (κ2) is 7.04. The fraction of sp³-hybridized carbons (Fsp3) is 0.250. The molecule has 0 saturated heterocycles. The van der Waals surface area contributed by atoms with Crippen molar-refractivity contribution in [3.63, 3.8) is 0 Å². The van der Waals surface area contributed by atoms with Crippen molar-refractivity contribution in [2.75, 3.05) is 6.54 Å². The third-order valence-corrected chi connectivity index (χ3v) is 4.04. The van der Waals surface area contributed by atoms with E-state index in [-0.39, 0.29) is 12.5 Å². The summed E-state index contributed by atoms with van der Waals surface area (Å²) >= 11 is 1.34. The van der Waals surface area contributed by atoms with Crippen molar-refractivity contribution in [2.24, 2.45) is 5.92 Å². The molecule has 4 nitrogen and oxygen atoms in total. The zero-order chi connectivity index (χ0) is 15.2. The molecule has 110 valence electrons. The van der Waals surface area contributed by atoms with E-state index in [1.54, 1.807) is 12.1 Å². The molecule has 0 bridgehead atoms. The lowest BCUT2D eigenvalue weighted by atomic mass is 9.98. The highest BCUT2D eigenvalue weighted by Crippen LogP contribution is 2.12. The highest BCUT2D eigenvalue weighted by atomic mass is 32.1. The predicted octanol–water partition coefficient (Wildman–Crippen LogP) is 2.73. The van der Waals surface area contributed by atoms with Crippen LogP contribution in [-0.4, -0.2) is 23.5 Å². The molecule has 2 aromatic rings. The summed E-state index contributed by atoms with van der Waals surface area (Å²) in [4.78, 5) is 23.8. The molecule has 1 unspecified atom stereocenters. The van der Waals surface area contributed by atoms with Crippen LogP contribution in [0.5, 0.6) is 0 Å². The molecule has 2 rings (SSSR count). The van der Waals surface area contributed by atoms with Crippen molar-refractivity contribution in [2.45, 2.75) is 13.3 Å². The van der Waals surface area contributed by atoms with Crippen LogP contribution in [-0.2, 0) is 11.2 Å². The van der Waals surface area contributed by atoms with Crippen LogP contribution >= 0.6 is 11.3 Å². The standard InChI is InChI=1S/C16H17NO3S/c1-11-4-2-5-12(8-11)9-13(16(19)20)10-17-15(18)14-6-3-7-21-14/h2-8,13H,9-10H2,1H3,(H,17,18)(H,19,20). The van der Waals surface area contributed by atoms with Gasteiger partial charge in [-0.25, -0.2) is 0 Å². The number of nitrogens with one attached hydrogen (secondary N) is 1. The van der Waals surface area contributed by atoms with Gasteiger partial charge < -0.3 is 10.4 Å². The number of carbonyl (C=O) groups excluding carboxylic acids is 1. The summed E-state index contributed by atoms with van der Waals surface area (Å²) in [5.74, 6) is -1.75. The van der Waals surface area contributed by atoms with E-state index in [1.807, 2.05) is 36.6 Å². The number of aryl methyl sites for hydroxylation is 1. The van der Waals surface area contributed by atoms with Crippen LogP contribution in [0.1, 0.15) is 20.8 Å². The summed E-state index contributed by atoms with van der Waals surface area (Å²) in [5, 5.41) is 13.8. The number of carbonyl (C=O) groups is 2. The predicted molar refractivity (Wildman–Crippen MR) is 82.7 cm³/mol. The van der Waals surface area contributed by atoms with Gasteiger partial charge in [0.2, 0.25) is 0 Å². The summed E-state index contributed by atoms with van der Waals surface area (Å²) in [6.45, 7) is 2.10. The number of hydrogen-bond acceptors (Lipinski definition) is 3. The first-order valence-electron chi connectivity index (χ1n) is 6.66. The van der Waals surface area contributed by atoms with Gasteiger partial charge in [0.25, 0.3) is 5.91 Å². The molecular weight excluding hydrogens is 286 g/mol. The molecule has 0 aliphatic rings. The summed E-state index contributed by atoms with van der Waals surface area (Å²) in [7, 11) is 0. The van der Waals surface area contributed by atoms with Crippen LogP contribution in [0.3, 0.4) is 0 Å². The van der Waals surface area contributed by atoms with Crippen LogP contribution < -0.4 is 5.32 Å². The second-order valence-electron chi connectivity index (χ2n) is 4.92. The zero-order valence-electron chi connectivity index (χ0n) is 11.7. The van der Waals surface area contributed by atoms with E-state index >= 15 is 0 Å². The molecule has 21 heavy (non-hydrogen) atoms. The van der Waals surface area contributed by atoms with Crippen molar-refractivity contribution in [3.8, 4) is 0 Å². The van der Waals surface area contributed by atoms with Gasteiger partial charge in [0, 0.05) is 6.54 Å². The minimum atomic E-state index is -0.900. The average Bonchev–Trinajstić information content (AvgIpc) is 2.97. The smallest absolute Gasteiger partial charge is 0.308 e. The summed E-state index contributed by atoms with van der Waals surface area (Å²) < 4.78 is 0. The number of aliphatic carboxylic acids is 1. The van der Waals surface area contributed by atoms with Crippen LogP contribution in [0.25, 0.3) is 0 Å². The topological polar surface area (TPSA) is 66.4 Å². The molecule has 0 aliphatic heterocycles. The van der Waals surface area contributed by atoms with Gasteiger partial charge in [-0.3, -0.25) is 9.59 Å². The zero-order valence-corrected chi connectivity index (χ0v) is 12.5. The number of carboxylic acids is 1. The Morgan fingerprint density at radius 1 is 1.29 bits per heavy atom. The molecule has 1 amide bonds. The minimum Gasteiger partial charge on any atom is -0.481 e. The van der Waals surface area contributed by atoms with Crippen molar-refractivity contribution in [1.29, 1.82) is 0 Å². The number of rotatable bonds is 6. The van der Waals surface area contributed by atoms with Gasteiger partial charge in [-0.15, -0.1) is 11.3 Å². The fourth-order valence-electron chi connectivity index (χ4n) is 2.08. The molecule has 1 heterocycles. The van der Waals surface area contributed by atoms with Gasteiger partial charge in [-0.2, -0.15) is 0 Å². The average molecular weight is 303 g/mol. The summed E-state index contributed by atoms with van der Waals surface area (Å²) in [6.07, 6.45) is 0.404. The van der Waals surface area contributed by atoms with Crippen molar-refractivity contribution in [1.82, 2.24) is 5.32 Å². The molecule has 0 saturated carbocycles. The molecule has 2 N–H and O–H groups in total. The Labute approximate surface area is 127 Å². The highest BCUT2D eigenvalue weighted by molar-refractivity contribution is 7.12. The lowest BCUT2D eigenvalue weighted by Crippen LogP contribution is -2.33. The van der Waals surface area contributed by atoms with Crippen LogP contribution in [0.2, 0.25) is 0 Å². The Bertz CT molecular complexity index is 622. The van der Waals surface area contributed by atoms with Gasteiger partial charge in [0.15, 0.2) is 0 Å². The summed E-state index contributed by atoms with van der Waals surface area (Å²) in [6, 6.07) is 11.3. The first-order valence-corrected chi connectivity index (χ1v) is 7.54. The van der Waals surface area contributed by atoms with E-state index in [9.17, 15) is 14.7 Å². The van der Waals surface area contributed by atoms with Crippen LogP contribution in [0, 0.1) is 12.8 Å². The number of thiophene rings is 1. The van der Waals surface area contributed by atoms with Gasteiger partial charge in [-0.1, -0.05) is 35.9 Å². The van der Waals surface area contributed by atoms with Crippen LogP contribution in [0.15, 0.2) is 41.8 Å². The van der Waals surface area contributed by atoms with Crippen LogP contribution in [0.4, 0.5) is 0 Å². The van der Waals surface area contributed by atoms with Crippen molar-refractivity contribution in [3.05, 3.63) is 57.8 Å². The lowest BCUT2D eigenvalue weighted by molar-refractivity contribution is -0.141. The molecule has 1 aromatic carbocycles. The molecule has 1 atom stereocenters. The summed E-state index contributed by atoms with van der Waals surface area (Å²) in [5.41, 5.74) is 2.06. The Balaban J connectivity index is 1.96. The molecule has 5 heteroatoms. The minimum absolute atomic E-state index is 0.125. The third kappa shape index (κ3) is 4.43. The van der Waals surface area contributed by atoms with Crippen molar-refractivity contribution >= 4 is 23.2 Å². The van der Waals surface area contributed by atoms with E-state index < -0.39 is 11.9 Å². The van der Waals surface area contributed by atoms with Gasteiger partial charge in [-0.05, 0) is 30.4 Å². The largest absolute Gasteiger partial charge is 0.481 e. The number of benzene rings is 1. The van der Waals surface area contributed by atoms with E-state index in [1.165, 1.54) is 11.3 Å². The molecule has 0 radical (unpaired) electrons. The molecule has 0 spiro atoms. The first kappa shape index (κ1) is 15.3. The second-order valence-corrected chi connectivity index (χ2v) is 5.86. The number of amides is 1. The molecule has 0 aliphatic carbocycles. The Kier molecular flexibility index (Phi) is 5.11. The maximum atomic E-state index is 11.8. The number of carboxylic acid groups (broad SMARTS) is 1. The highest BCUT2D eigenvalue weighted by Gasteiger charge is 2.19. The lowest BCUT2D eigenvalue weighted by Gasteiger charge is -2.13. The number of hydrogen-bond donors (Lipinski definition) is 2. The van der Waals surface area contributed by atoms with Gasteiger partial charge >= 0.3 is 5.97 Å².